The maximum absolute atomic E-state index is 13.4. The van der Waals surface area contributed by atoms with Crippen LogP contribution in [0.3, 0.4) is 0 Å². The Kier molecular flexibility index (Phi) is 8.55. The zero-order chi connectivity index (χ0) is 32.5. The van der Waals surface area contributed by atoms with Crippen molar-refractivity contribution in [2.75, 3.05) is 32.5 Å². The minimum absolute atomic E-state index is 0.0626. The molecule has 1 amide bonds. The fraction of sp³-hybridized carbons (Fsp3) is 0.306. The second kappa shape index (κ2) is 12.7. The summed E-state index contributed by atoms with van der Waals surface area (Å²) in [6, 6.07) is 16.6. The van der Waals surface area contributed by atoms with Crippen LogP contribution in [0.2, 0.25) is 0 Å². The largest absolute Gasteiger partial charge is 0.343 e. The molecule has 10 nitrogen and oxygen atoms in total. The highest BCUT2D eigenvalue weighted by Crippen LogP contribution is 2.30. The van der Waals surface area contributed by atoms with Crippen LogP contribution in [0.15, 0.2) is 82.8 Å². The van der Waals surface area contributed by atoms with Crippen LogP contribution >= 0.6 is 0 Å². The van der Waals surface area contributed by atoms with E-state index in [0.717, 1.165) is 34.4 Å². The Hall–Kier alpha value is -5.09. The van der Waals surface area contributed by atoms with Crippen LogP contribution in [0.5, 0.6) is 0 Å². The van der Waals surface area contributed by atoms with Crippen molar-refractivity contribution in [1.82, 2.24) is 28.7 Å². The van der Waals surface area contributed by atoms with Crippen molar-refractivity contribution in [3.05, 3.63) is 111 Å². The maximum atomic E-state index is 13.4. The second-order valence-corrected chi connectivity index (χ2v) is 12.2. The molecule has 1 saturated heterocycles. The molecule has 1 atom stereocenters. The van der Waals surface area contributed by atoms with Gasteiger partial charge in [0.25, 0.3) is 11.1 Å². The molecular weight excluding hydrogens is 578 g/mol. The Balaban J connectivity index is 0.00000117. The van der Waals surface area contributed by atoms with Crippen LogP contribution in [-0.2, 0) is 11.8 Å². The van der Waals surface area contributed by atoms with Gasteiger partial charge in [-0.15, -0.1) is 0 Å². The second-order valence-electron chi connectivity index (χ2n) is 12.2. The number of carbonyl (C=O) groups excluding carboxylic acids is 1. The molecule has 0 radical (unpaired) electrons. The first-order valence-electron chi connectivity index (χ1n) is 15.6. The summed E-state index contributed by atoms with van der Waals surface area (Å²) in [7, 11) is 5.46. The van der Waals surface area contributed by atoms with Crippen LogP contribution < -0.4 is 16.4 Å². The lowest BCUT2D eigenvalue weighted by Gasteiger charge is -2.37. The third-order valence-corrected chi connectivity index (χ3v) is 8.52. The predicted octanol–water partition coefficient (Wildman–Crippen LogP) is 5.10. The monoisotopic (exact) mass is 617 g/mol. The van der Waals surface area contributed by atoms with E-state index in [1.54, 1.807) is 34.9 Å². The first-order valence-corrected chi connectivity index (χ1v) is 15.6. The number of nitrogens with zero attached hydrogens (tertiary/aromatic N) is 6. The Bertz CT molecular complexity index is 2040. The van der Waals surface area contributed by atoms with Gasteiger partial charge in [-0.3, -0.25) is 23.7 Å². The molecule has 1 unspecified atom stereocenters. The summed E-state index contributed by atoms with van der Waals surface area (Å²) in [5.74, 6) is 0.235. The molecule has 10 heteroatoms. The molecule has 4 heterocycles. The number of benzene rings is 2. The number of aromatic nitrogens is 4. The van der Waals surface area contributed by atoms with E-state index in [1.165, 1.54) is 23.8 Å². The number of aryl methyl sites for hydroxylation is 2. The molecule has 2 aromatic carbocycles. The SMILES string of the molecule is C1CC1.Cc1ccn2c(=O)c(-c3cccc(-c4cn(C)c(=O)c(Nc5ccc(C6C(=O)N(C)CCN6C)cc5)n4)c3C)cnc2c1. The van der Waals surface area contributed by atoms with Crippen LogP contribution in [-0.4, -0.2) is 61.8 Å². The van der Waals surface area contributed by atoms with Gasteiger partial charge in [0, 0.05) is 57.0 Å². The molecule has 5 aromatic rings. The lowest BCUT2D eigenvalue weighted by atomic mass is 9.96. The molecular formula is C36H39N7O3. The molecule has 236 valence electrons. The minimum Gasteiger partial charge on any atom is -0.343 e. The van der Waals surface area contributed by atoms with Gasteiger partial charge in [0.05, 0.1) is 11.3 Å². The minimum atomic E-state index is -0.340. The molecule has 2 fully saturated rings. The zero-order valence-corrected chi connectivity index (χ0v) is 26.9. The van der Waals surface area contributed by atoms with Crippen LogP contribution in [0, 0.1) is 13.8 Å². The van der Waals surface area contributed by atoms with Crippen molar-refractivity contribution >= 4 is 23.1 Å². The fourth-order valence-electron chi connectivity index (χ4n) is 5.61. The molecule has 1 aliphatic heterocycles. The van der Waals surface area contributed by atoms with Gasteiger partial charge in [-0.05, 0) is 67.4 Å². The number of rotatable bonds is 5. The van der Waals surface area contributed by atoms with Gasteiger partial charge in [-0.25, -0.2) is 9.97 Å². The average Bonchev–Trinajstić information content (AvgIpc) is 3.93. The number of amides is 1. The summed E-state index contributed by atoms with van der Waals surface area (Å²) in [5.41, 5.74) is 6.22. The van der Waals surface area contributed by atoms with Crippen molar-refractivity contribution in [3.63, 3.8) is 0 Å². The van der Waals surface area contributed by atoms with Crippen molar-refractivity contribution in [2.45, 2.75) is 39.2 Å². The summed E-state index contributed by atoms with van der Waals surface area (Å²) in [6.07, 6.45) is 9.55. The van der Waals surface area contributed by atoms with Crippen LogP contribution in [0.1, 0.15) is 42.0 Å². The van der Waals surface area contributed by atoms with Gasteiger partial charge in [0.1, 0.15) is 11.7 Å². The highest BCUT2D eigenvalue weighted by atomic mass is 16.2. The lowest BCUT2D eigenvalue weighted by molar-refractivity contribution is -0.139. The summed E-state index contributed by atoms with van der Waals surface area (Å²) < 4.78 is 3.04. The summed E-state index contributed by atoms with van der Waals surface area (Å²) in [6.45, 7) is 5.40. The van der Waals surface area contributed by atoms with Crippen LogP contribution in [0.25, 0.3) is 28.0 Å². The highest BCUT2D eigenvalue weighted by Gasteiger charge is 2.31. The smallest absolute Gasteiger partial charge is 0.293 e. The molecule has 0 spiro atoms. The van der Waals surface area contributed by atoms with E-state index in [9.17, 15) is 14.4 Å². The van der Waals surface area contributed by atoms with Crippen molar-refractivity contribution in [1.29, 1.82) is 0 Å². The topological polar surface area (TPSA) is 105 Å². The molecule has 0 bridgehead atoms. The zero-order valence-electron chi connectivity index (χ0n) is 26.9. The quantitative estimate of drug-likeness (QED) is 0.293. The third kappa shape index (κ3) is 6.21. The average molecular weight is 618 g/mol. The van der Waals surface area contributed by atoms with E-state index in [2.05, 4.69) is 10.3 Å². The van der Waals surface area contributed by atoms with Gasteiger partial charge in [-0.1, -0.05) is 49.6 Å². The maximum Gasteiger partial charge on any atom is 0.293 e. The molecule has 7 rings (SSSR count). The molecule has 1 N–H and O–H groups in total. The summed E-state index contributed by atoms with van der Waals surface area (Å²) in [5, 5.41) is 3.17. The molecule has 1 saturated carbocycles. The van der Waals surface area contributed by atoms with Gasteiger partial charge in [0.2, 0.25) is 5.91 Å². The number of likely N-dealkylation sites (N-methyl/N-ethyl adjacent to an activating group) is 2. The van der Waals surface area contributed by atoms with Gasteiger partial charge >= 0.3 is 0 Å². The van der Waals surface area contributed by atoms with Gasteiger partial charge < -0.3 is 14.8 Å². The van der Waals surface area contributed by atoms with Crippen molar-refractivity contribution in [3.8, 4) is 22.4 Å². The number of nitrogens with one attached hydrogen (secondary N) is 1. The number of hydrogen-bond donors (Lipinski definition) is 1. The van der Waals surface area contributed by atoms with Crippen molar-refractivity contribution < 1.29 is 4.79 Å². The molecule has 1 aliphatic carbocycles. The number of hydrogen-bond acceptors (Lipinski definition) is 7. The number of anilines is 2. The highest BCUT2D eigenvalue weighted by molar-refractivity contribution is 5.84. The van der Waals surface area contributed by atoms with E-state index in [1.807, 2.05) is 87.4 Å². The first-order chi connectivity index (χ1) is 22.1. The normalized spacial score (nSPS) is 16.2. The van der Waals surface area contributed by atoms with E-state index < -0.39 is 0 Å². The third-order valence-electron chi connectivity index (χ3n) is 8.52. The Morgan fingerprint density at radius 3 is 2.26 bits per heavy atom. The molecule has 2 aliphatic rings. The number of pyridine rings is 1. The van der Waals surface area contributed by atoms with E-state index in [0.29, 0.717) is 29.1 Å². The van der Waals surface area contributed by atoms with Gasteiger partial charge in [-0.2, -0.15) is 0 Å². The summed E-state index contributed by atoms with van der Waals surface area (Å²) in [4.78, 5) is 52.3. The van der Waals surface area contributed by atoms with E-state index in [4.69, 9.17) is 4.98 Å². The predicted molar refractivity (Wildman–Crippen MR) is 181 cm³/mol. The lowest BCUT2D eigenvalue weighted by Crippen LogP contribution is -2.48. The summed E-state index contributed by atoms with van der Waals surface area (Å²) >= 11 is 0. The van der Waals surface area contributed by atoms with E-state index >= 15 is 0 Å². The first kappa shape index (κ1) is 30.9. The standard InChI is InChI=1S/C33H33N7O3.C3H6/c1-20-13-14-40-28(17-20)34-18-26(31(40)41)24-7-6-8-25(21(24)2)27-19-39(5)33(43)30(36-27)35-23-11-9-22(10-12-23)29-32(42)38(4)16-15-37(29)3;1-2-3-1/h6-14,17-19,29H,15-16H2,1-5H3,(H,35,36);1-3H2. The van der Waals surface area contributed by atoms with E-state index in [-0.39, 0.29) is 28.9 Å². The molecule has 3 aromatic heterocycles. The number of carbonyl (C=O) groups is 1. The van der Waals surface area contributed by atoms with Crippen molar-refractivity contribution in [2.24, 2.45) is 7.05 Å². The Morgan fingerprint density at radius 1 is 0.826 bits per heavy atom. The number of piperazine rings is 1. The Morgan fingerprint density at radius 2 is 1.54 bits per heavy atom. The molecule has 46 heavy (non-hydrogen) atoms. The number of fused-ring (bicyclic) bond motifs is 1. The Labute approximate surface area is 268 Å². The van der Waals surface area contributed by atoms with Gasteiger partial charge in [0.15, 0.2) is 5.82 Å². The fourth-order valence-corrected chi connectivity index (χ4v) is 5.61. The van der Waals surface area contributed by atoms with Crippen LogP contribution in [0.4, 0.5) is 11.5 Å².